The molecular formula is C28H39N6O8P. The molecule has 0 unspecified atom stereocenters. The van der Waals surface area contributed by atoms with Crippen molar-refractivity contribution in [2.75, 3.05) is 64.0 Å². The molecule has 2 fully saturated rings. The average molecular weight is 619 g/mol. The average Bonchev–Trinajstić information content (AvgIpc) is 3.50. The van der Waals surface area contributed by atoms with Gasteiger partial charge in [-0.05, 0) is 12.8 Å². The second-order valence-corrected chi connectivity index (χ2v) is 12.2. The zero-order chi connectivity index (χ0) is 31.0. The number of amides is 3. The van der Waals surface area contributed by atoms with Crippen LogP contribution >= 0.6 is 7.60 Å². The smallest absolute Gasteiger partial charge is 0.409 e. The summed E-state index contributed by atoms with van der Waals surface area (Å²) in [6, 6.07) is 9.09. The van der Waals surface area contributed by atoms with E-state index in [1.165, 1.54) is 15.9 Å². The molecule has 1 aromatic carbocycles. The lowest BCUT2D eigenvalue weighted by Crippen LogP contribution is -2.56. The zero-order valence-corrected chi connectivity index (χ0v) is 25.3. The summed E-state index contributed by atoms with van der Waals surface area (Å²) in [5.74, 6) is -0.633. The number of hydrogen-bond acceptors (Lipinski definition) is 9. The number of nitrogens with one attached hydrogen (secondary N) is 1. The van der Waals surface area contributed by atoms with E-state index in [4.69, 9.17) is 9.47 Å². The molecule has 0 aliphatic carbocycles. The number of hydrogen-bond donors (Lipinski definition) is 3. The topological polar surface area (TPSA) is 175 Å². The Bertz CT molecular complexity index is 1320. The number of carbonyl (C=O) groups is 3. The van der Waals surface area contributed by atoms with E-state index in [0.717, 1.165) is 19.3 Å². The van der Waals surface area contributed by atoms with Crippen molar-refractivity contribution in [3.63, 3.8) is 0 Å². The van der Waals surface area contributed by atoms with Gasteiger partial charge in [0.15, 0.2) is 5.82 Å². The highest BCUT2D eigenvalue weighted by Gasteiger charge is 2.35. The van der Waals surface area contributed by atoms with Gasteiger partial charge in [-0.1, -0.05) is 43.7 Å². The predicted octanol–water partition coefficient (Wildman–Crippen LogP) is 1.73. The van der Waals surface area contributed by atoms with E-state index in [9.17, 15) is 28.7 Å². The minimum atomic E-state index is -4.71. The fourth-order valence-corrected chi connectivity index (χ4v) is 5.66. The van der Waals surface area contributed by atoms with Gasteiger partial charge >= 0.3 is 13.7 Å². The van der Waals surface area contributed by atoms with Crippen LogP contribution in [0.5, 0.6) is 0 Å². The Balaban J connectivity index is 1.52. The molecule has 4 rings (SSSR count). The minimum absolute atomic E-state index is 0.0105. The van der Waals surface area contributed by atoms with Crippen molar-refractivity contribution < 1.29 is 38.2 Å². The fraction of sp³-hybridized carbons (Fsp3) is 0.536. The molecule has 2 atom stereocenters. The number of rotatable bonds is 11. The zero-order valence-electron chi connectivity index (χ0n) is 24.4. The summed E-state index contributed by atoms with van der Waals surface area (Å²) in [5, 5.41) is 2.51. The van der Waals surface area contributed by atoms with E-state index in [1.807, 2.05) is 42.2 Å². The van der Waals surface area contributed by atoms with Crippen molar-refractivity contribution >= 4 is 31.3 Å². The van der Waals surface area contributed by atoms with E-state index in [0.29, 0.717) is 36.9 Å². The van der Waals surface area contributed by atoms with Crippen LogP contribution in [-0.4, -0.2) is 119 Å². The maximum atomic E-state index is 13.5. The van der Waals surface area contributed by atoms with E-state index < -0.39 is 37.7 Å². The van der Waals surface area contributed by atoms with Crippen LogP contribution in [0.4, 0.5) is 10.6 Å². The standard InChI is InChI=1S/C28H39N6O8P/c1-3-4-16-42-28(37)33-14-12-32(13-15-33)27(36)23(19-43(38,39)40)30-26(35)22-17-24(34-11-10-21(18-34)41-2)31-25(29-22)20-8-6-5-7-9-20/h5-9,17,21,23H,3-4,10-16,18-19H2,1-2H3,(H,30,35)(H2,38,39,40)/t21-,23+/m0/s1. The Morgan fingerprint density at radius 3 is 2.40 bits per heavy atom. The first-order valence-corrected chi connectivity index (χ1v) is 16.2. The largest absolute Gasteiger partial charge is 0.449 e. The van der Waals surface area contributed by atoms with Crippen molar-refractivity contribution in [2.45, 2.75) is 38.3 Å². The summed E-state index contributed by atoms with van der Waals surface area (Å²) in [6.45, 7) is 4.17. The van der Waals surface area contributed by atoms with Gasteiger partial charge in [0.1, 0.15) is 17.6 Å². The lowest BCUT2D eigenvalue weighted by molar-refractivity contribution is -0.134. The van der Waals surface area contributed by atoms with Crippen LogP contribution in [-0.2, 0) is 18.8 Å². The Morgan fingerprint density at radius 2 is 1.77 bits per heavy atom. The number of ether oxygens (including phenoxy) is 2. The molecule has 0 bridgehead atoms. The SMILES string of the molecule is CCCCOC(=O)N1CCN(C(=O)[C@@H](CP(=O)(O)O)NC(=O)c2cc(N3CC[C@H](OC)C3)nc(-c3ccccc3)n2)CC1. The Labute approximate surface area is 250 Å². The normalized spacial score (nSPS) is 18.0. The first-order valence-electron chi connectivity index (χ1n) is 14.4. The summed E-state index contributed by atoms with van der Waals surface area (Å²) in [6.07, 6.45) is 1.08. The summed E-state index contributed by atoms with van der Waals surface area (Å²) in [4.78, 5) is 72.7. The first-order chi connectivity index (χ1) is 20.6. The molecule has 2 aromatic rings. The molecular weight excluding hydrogens is 579 g/mol. The Hall–Kier alpha value is -3.58. The Morgan fingerprint density at radius 1 is 1.07 bits per heavy atom. The molecule has 234 valence electrons. The number of benzene rings is 1. The third-order valence-electron chi connectivity index (χ3n) is 7.38. The third kappa shape index (κ3) is 8.96. The quantitative estimate of drug-likeness (QED) is 0.247. The van der Waals surface area contributed by atoms with E-state index in [-0.39, 0.29) is 38.0 Å². The predicted molar refractivity (Wildman–Crippen MR) is 158 cm³/mol. The number of unbranched alkanes of at least 4 members (excludes halogenated alkanes) is 1. The van der Waals surface area contributed by atoms with Gasteiger partial charge in [0.2, 0.25) is 5.91 Å². The third-order valence-corrected chi connectivity index (χ3v) is 8.22. The molecule has 15 heteroatoms. The lowest BCUT2D eigenvalue weighted by Gasteiger charge is -2.36. The number of aromatic nitrogens is 2. The molecule has 3 N–H and O–H groups in total. The molecule has 0 radical (unpaired) electrons. The molecule has 0 saturated carbocycles. The maximum Gasteiger partial charge on any atom is 0.409 e. The van der Waals surface area contributed by atoms with Crippen LogP contribution in [0.3, 0.4) is 0 Å². The molecule has 0 spiro atoms. The van der Waals surface area contributed by atoms with Gasteiger partial charge in [-0.25, -0.2) is 14.8 Å². The molecule has 1 aromatic heterocycles. The van der Waals surface area contributed by atoms with Gasteiger partial charge < -0.3 is 39.3 Å². The number of methoxy groups -OCH3 is 1. The minimum Gasteiger partial charge on any atom is -0.449 e. The summed E-state index contributed by atoms with van der Waals surface area (Å²) in [5.41, 5.74) is 0.627. The molecule has 3 amide bonds. The van der Waals surface area contributed by atoms with Crippen molar-refractivity contribution in [2.24, 2.45) is 0 Å². The highest BCUT2D eigenvalue weighted by molar-refractivity contribution is 7.51. The second-order valence-electron chi connectivity index (χ2n) is 10.5. The maximum absolute atomic E-state index is 13.5. The van der Waals surface area contributed by atoms with Crippen molar-refractivity contribution in [1.29, 1.82) is 0 Å². The fourth-order valence-electron chi connectivity index (χ4n) is 4.94. The molecule has 2 saturated heterocycles. The highest BCUT2D eigenvalue weighted by Crippen LogP contribution is 2.35. The highest BCUT2D eigenvalue weighted by atomic mass is 31.2. The molecule has 2 aliphatic heterocycles. The van der Waals surface area contributed by atoms with Crippen molar-refractivity contribution in [1.82, 2.24) is 25.1 Å². The van der Waals surface area contributed by atoms with Crippen LogP contribution < -0.4 is 10.2 Å². The van der Waals surface area contributed by atoms with Crippen LogP contribution in [0.25, 0.3) is 11.4 Å². The monoisotopic (exact) mass is 618 g/mol. The first kappa shape index (κ1) is 32.3. The number of anilines is 1. The van der Waals surface area contributed by atoms with Gasteiger partial charge in [0.25, 0.3) is 5.91 Å². The number of carbonyl (C=O) groups excluding carboxylic acids is 3. The van der Waals surface area contributed by atoms with E-state index in [2.05, 4.69) is 15.3 Å². The van der Waals surface area contributed by atoms with Gasteiger partial charge in [-0.15, -0.1) is 0 Å². The second kappa shape index (κ2) is 14.7. The molecule has 3 heterocycles. The number of piperazine rings is 1. The Kier molecular flexibility index (Phi) is 11.1. The van der Waals surface area contributed by atoms with Gasteiger partial charge in [-0.2, -0.15) is 0 Å². The van der Waals surface area contributed by atoms with Gasteiger partial charge in [0.05, 0.1) is 18.9 Å². The summed E-state index contributed by atoms with van der Waals surface area (Å²) >= 11 is 0. The molecule has 2 aliphatic rings. The summed E-state index contributed by atoms with van der Waals surface area (Å²) < 4.78 is 22.7. The molecule has 43 heavy (non-hydrogen) atoms. The van der Waals surface area contributed by atoms with Crippen LogP contribution in [0.2, 0.25) is 0 Å². The van der Waals surface area contributed by atoms with Crippen LogP contribution in [0.1, 0.15) is 36.7 Å². The number of nitrogens with zero attached hydrogens (tertiary/aromatic N) is 5. The summed E-state index contributed by atoms with van der Waals surface area (Å²) in [7, 11) is -3.08. The van der Waals surface area contributed by atoms with Crippen LogP contribution in [0, 0.1) is 0 Å². The van der Waals surface area contributed by atoms with E-state index >= 15 is 0 Å². The van der Waals surface area contributed by atoms with Crippen molar-refractivity contribution in [3.05, 3.63) is 42.1 Å². The molecule has 14 nitrogen and oxygen atoms in total. The van der Waals surface area contributed by atoms with Crippen molar-refractivity contribution in [3.8, 4) is 11.4 Å². The van der Waals surface area contributed by atoms with Gasteiger partial charge in [-0.3, -0.25) is 14.2 Å². The lowest BCUT2D eigenvalue weighted by atomic mass is 10.2. The van der Waals surface area contributed by atoms with Gasteiger partial charge in [0, 0.05) is 58.0 Å². The van der Waals surface area contributed by atoms with E-state index in [1.54, 1.807) is 7.11 Å². The van der Waals surface area contributed by atoms with Crippen LogP contribution in [0.15, 0.2) is 36.4 Å².